The van der Waals surface area contributed by atoms with E-state index in [0.29, 0.717) is 18.3 Å². The number of fused-ring (bicyclic) bond motifs is 7. The Bertz CT molecular complexity index is 1810. The molecule has 0 aromatic heterocycles. The Kier molecular flexibility index (Phi) is 10.1. The molecule has 1048 valence electrons. The van der Waals surface area contributed by atoms with Crippen molar-refractivity contribution in [3.05, 3.63) is 22.8 Å². The van der Waals surface area contributed by atoms with Gasteiger partial charge in [0.05, 0.1) is 17.6 Å². The molecule has 53 heavy (non-hydrogen) atoms. The molecule has 4 saturated carbocycles. The zero-order valence-corrected chi connectivity index (χ0v) is 35.8. The molecule has 14 atom stereocenters. The number of hydrogen-bond acceptors (Lipinski definition) is 7. The Morgan fingerprint density at radius 2 is 1.64 bits per heavy atom. The van der Waals surface area contributed by atoms with Gasteiger partial charge in [0.25, 0.3) is 0 Å². The predicted molar refractivity (Wildman–Crippen MR) is 1000 cm³/mol. The Balaban J connectivity index is -0.000000000244. The van der Waals surface area contributed by atoms with E-state index in [1.807, 2.05) is 47.6 Å². The topological polar surface area (TPSA) is 99.1 Å². The van der Waals surface area contributed by atoms with Crippen LogP contribution in [0.3, 0.4) is 0 Å². The molecule has 7 heteroatoms. The first kappa shape index (κ1) is 40.8. The zero-order valence-electron chi connectivity index (χ0n) is 35.8. The van der Waals surface area contributed by atoms with Gasteiger partial charge in [-0.1, -0.05) is 100 Å². The first-order valence-corrected chi connectivity index (χ1v) is 21.1. The third-order valence-corrected chi connectivity index (χ3v) is 17.4. The van der Waals surface area contributed by atoms with Crippen molar-refractivity contribution >= 4 is 17.5 Å². The second kappa shape index (κ2) is 13.1. The lowest BCUT2D eigenvalue weighted by Gasteiger charge is -2.70. The van der Waals surface area contributed by atoms with Crippen LogP contribution in [0.25, 0.3) is 0 Å². The molecule has 1 aliphatic heterocycles. The number of Topliss-reactive ketones (excluding diaryl/α,β-unsaturated/α-hetero) is 1. The van der Waals surface area contributed by atoms with Gasteiger partial charge in [-0.2, -0.15) is 0 Å². The van der Waals surface area contributed by atoms with Crippen LogP contribution >= 0.6 is 0 Å². The van der Waals surface area contributed by atoms with Gasteiger partial charge < -0.3 is 19.3 Å². The van der Waals surface area contributed by atoms with Crippen LogP contribution in [0.1, 0.15) is 677 Å². The highest BCUT2D eigenvalue weighted by Crippen LogP contribution is 2.78. The van der Waals surface area contributed by atoms with Gasteiger partial charge in [-0.3, -0.25) is 14.4 Å². The first-order valence-electron chi connectivity index (χ1n) is 21.1. The maximum absolute atomic E-state index is 15.5. The van der Waals surface area contributed by atoms with E-state index in [1.165, 1.54) is 0 Å². The number of rotatable bonds is 7. The molecular weight excluding hydrogens is 664 g/mol. The van der Waals surface area contributed by atoms with Crippen molar-refractivity contribution in [1.29, 1.82) is 0 Å². The van der Waals surface area contributed by atoms with Crippen LogP contribution in [-0.2, 0) is 28.6 Å². The van der Waals surface area contributed by atoms with E-state index in [1.54, 1.807) is 0 Å². The Hall–Kier alpha value is -1.83. The molecule has 0 amide bonds. The van der Waals surface area contributed by atoms with Gasteiger partial charge in [0.1, 0.15) is 0 Å². The number of ether oxygens (including phenoxy) is 3. The van der Waals surface area contributed by atoms with Crippen LogP contribution in [0.15, 0.2) is 22.8 Å². The lowest BCUT2D eigenvalue weighted by atomic mass is 9.35. The monoisotopic (exact) mass is 1490 g/mol. The first-order chi connectivity index (χ1) is 24.4. The largest absolute Gasteiger partial charge is 0.457 e. The molecule has 0 bridgehead atoms. The number of aliphatic hydroxyl groups is 1. The molecule has 0 radical (unpaired) electrons. The minimum Gasteiger partial charge on any atom is -0.457 e. The summed E-state index contributed by atoms with van der Waals surface area (Å²) >= 11 is 0. The summed E-state index contributed by atoms with van der Waals surface area (Å²) in [5.74, 6) is -1.46. The summed E-state index contributed by atoms with van der Waals surface area (Å²) in [5.41, 5.74) is -1.28. The molecule has 7 nitrogen and oxygen atoms in total. The fourth-order valence-corrected chi connectivity index (χ4v) is 14.2. The lowest BCUT2D eigenvalue weighted by molar-refractivity contribution is -0.300. The Morgan fingerprint density at radius 1 is 1.00 bits per heavy atom. The summed E-state index contributed by atoms with van der Waals surface area (Å²) in [6.07, 6.45) is 6.77. The SMILES string of the molecule is CC1=C(C)[C@@]2(C(C)C)C(=CC1=O)CC[C@H]1[C@@H]3C[C@H]4O[C@](C)(C5CCCC(C)C5C)O[C@@]4(C(=O)COC(=O)C(C)C(C)(C)C)[C@@]3(C(C)C)C(C)[C@](C)(O)[C@@H]12.[HH].[HH].[HH].[HH].[HH].[HH].[HH].[HH].[HH].[HH].[HH].[HH].[HH].[HH].[HH].[HH].[HH].[HH].[HH].[HH].[HH].[HH].[HH].[HH].[HH].[HH].[HH].[HH].[HH].[HH].[HH].[HH].[HH].[HH].[HH].[HH].[HH].[HH].[HH].[HH].[HH].[HH].[HH].[HH].[HH].[HH].[HH].[HH].[HH].[HH].[HH].[HH].[HH].[HH].[HH].[HH].[HH].[HH].[HH].[HH].[HH].[HH].[HH].[HH].[HH].[HH].[HH].[HH].[HH].[HH].[HH].[HH].[HH].[HH].[HH].[HH].[HH].[HH].[HH].[HH].[HH].[HH].[HH].[HH].[HH].[HH].[HH].[HH].[HH].[HH].[HH].[HH].[HH].[HH].[HH].[HH].[HH].[HH].[HH].[HH].[HH].[HH].[HH].[HH].[HH].[HH].[HH].[HH].[HH].[HH].[HH].[HH].[HH].[HH].[HH].[HH].[HH].[HH].[HH].[HH].[HH].[HH].[HH].[HH].[HH].[HH].[HH].[HH].[HH].[HH].[HH].[HH].[HH].[HH].[HH].[HH].[HH].[HH].[HH].[HH].[HH].[HH].[HH].[HH].[HH].[HH].[HH].[HH].[HH].[HH].[HH].[HH].[HH].[HH].[HH].[HH].[HH].[HH].[HH].[HH].[HH].[HH].[HH].[HH].[HH].[HH].[HH].[HH].[HH].[HH].[HH].[HH].[HH].[HH].[HH].[HH].[HH].[HH].[HH].[HH].[HH].[HH].[HH].[HH].[HH].[HH].[HH].[HH].[HH].[HH].[HH].[HH].[HH].[HH].[HH].[HH].[HH].[HH].[HH].[HH].[HH].[HH].[HH].[HH].[HH].[HH].[HH].[HH].[HH].[HH].[HH].[HH].[HH].[HH].[HH].[HH].[HH].[HH].[HH].[HH].[HH].[HH].[HH].[HH].[HH].[HH].[HH].[HH].[HH].[HH].[HH].[HH].[HH].[HH].[HH].[HH].[HH].[HH].[HH].[HH].[HH].[HH].[HH].[HH].[HH].[HH].[HH].[HH].[HH].[HH].[HH].[HH].[HH].[HH].[HH].[HH].[HH].[HH].[HH].[HH].[HH].[HH].[HH].[HH].[HH].[HH].[HH].[HH].[HH].[HH].[HH].[HH].[HH].[HH].[HH].[HH].[HH].[HH].[HH].[HH].[HH].[HH].[HH].[HH].[HH].[HH].[HH].[HH].[HH].[HH].[HH].[HH].[HH].[HH].[HH].[HH].[HH].[HH].[HH].[HH].[HH].[HH].[HH].[HH].[HH].[HH].[HH].[HH].[HH].[HH].[HH].[HH].[HH].[HH].[HH].[HH].[HH].[HH].[HH].[HH].[HH].[HH].[HH].[HH].[HH].[HH].[HH].[HH].[HH].[HH].[HH].[HH].[HH].[HH].[HH].[HH].[HH].[HH].[HH].[HH].[HH].[HH].[HH].[HH].[HH].[HH].[HH].[HH].[HH].[HH].[HH].[HH].[HH].[HH].[HH].[HH].[HH].[HH].[HH].[HH].[HH].[HH].[HH].[HH].[HH].[HH].[HH].[HH].[HH].[HH].[HH].[HH].[HH].[HH].[HH]. The summed E-state index contributed by atoms with van der Waals surface area (Å²) in [5, 5.41) is 13.5. The van der Waals surface area contributed by atoms with E-state index in [-0.39, 0.29) is 600 Å². The van der Waals surface area contributed by atoms with E-state index in [0.717, 1.165) is 48.8 Å². The van der Waals surface area contributed by atoms with Gasteiger partial charge in [-0.05, 0) is 112 Å². The summed E-state index contributed by atoms with van der Waals surface area (Å²) in [6.45, 7) is 31.3. The fourth-order valence-electron chi connectivity index (χ4n) is 14.2. The van der Waals surface area contributed by atoms with E-state index in [2.05, 4.69) is 62.3 Å². The average Bonchev–Trinajstić information content (AvgIpc) is 3.53. The van der Waals surface area contributed by atoms with Crippen molar-refractivity contribution in [2.24, 2.45) is 75.4 Å². The molecule has 1 heterocycles. The van der Waals surface area contributed by atoms with Gasteiger partial charge in [0.2, 0.25) is 5.78 Å². The highest BCUT2D eigenvalue weighted by Gasteiger charge is 2.84. The van der Waals surface area contributed by atoms with Crippen LogP contribution in [0.4, 0.5) is 0 Å². The summed E-state index contributed by atoms with van der Waals surface area (Å²) in [4.78, 5) is 42.4. The molecule has 0 spiro atoms. The van der Waals surface area contributed by atoms with E-state index in [4.69, 9.17) is 14.2 Å². The molecule has 5 unspecified atom stereocenters. The summed E-state index contributed by atoms with van der Waals surface area (Å²) < 4.78 is 20.9. The minimum absolute atomic E-state index is 0. The van der Waals surface area contributed by atoms with Crippen LogP contribution in [-0.4, -0.2) is 52.3 Å². The van der Waals surface area contributed by atoms with Crippen molar-refractivity contribution in [2.75, 3.05) is 6.61 Å². The molecule has 1 N–H and O–H groups in total. The fraction of sp³-hybridized carbons (Fsp3) is 0.848. The molecule has 6 aliphatic rings. The number of esters is 1. The van der Waals surface area contributed by atoms with Crippen LogP contribution in [0.5, 0.6) is 0 Å². The third-order valence-electron chi connectivity index (χ3n) is 17.4. The van der Waals surface area contributed by atoms with E-state index in [9.17, 15) is 14.7 Å². The molecular formula is C46H822O7. The van der Waals surface area contributed by atoms with Gasteiger partial charge in [0, 0.05) is 558 Å². The quantitative estimate of drug-likeness (QED) is 0.254. The summed E-state index contributed by atoms with van der Waals surface area (Å²) in [6, 6.07) is 0. The van der Waals surface area contributed by atoms with E-state index >= 15 is 4.79 Å². The van der Waals surface area contributed by atoms with E-state index < -0.39 is 45.8 Å². The average molecular weight is 1490 g/mol. The number of allylic oxidation sites excluding steroid dienone is 4. The highest BCUT2D eigenvalue weighted by atomic mass is 16.8. The smallest absolute Gasteiger partial charge is 0.309 e. The number of hydrogen-bond donors (Lipinski definition) is 1. The van der Waals surface area contributed by atoms with Crippen molar-refractivity contribution in [3.63, 3.8) is 0 Å². The predicted octanol–water partition coefficient (Wildman–Crippen LogP) is 102. The van der Waals surface area contributed by atoms with Crippen LogP contribution < -0.4 is 0 Å². The maximum atomic E-state index is 15.5. The van der Waals surface area contributed by atoms with Crippen molar-refractivity contribution in [2.45, 2.75) is 165 Å². The zero-order chi connectivity index (χ0) is 39.6. The Morgan fingerprint density at radius 3 is 2.23 bits per heavy atom. The van der Waals surface area contributed by atoms with Crippen LogP contribution in [0, 0.1) is 75.4 Å². The third kappa shape index (κ3) is 5.30. The molecule has 0 aromatic carbocycles. The van der Waals surface area contributed by atoms with Crippen molar-refractivity contribution in [1.82, 2.24) is 0 Å². The van der Waals surface area contributed by atoms with Gasteiger partial charge in [0.15, 0.2) is 23.8 Å². The number of carbonyl (C=O) groups excluding carboxylic acids is 3. The molecule has 5 aliphatic carbocycles. The van der Waals surface area contributed by atoms with Gasteiger partial charge in [-0.25, -0.2) is 0 Å². The normalized spacial score (nSPS) is 46.1. The Labute approximate surface area is 877 Å². The van der Waals surface area contributed by atoms with Gasteiger partial charge >= 0.3 is 5.97 Å². The number of carbonyl (C=O) groups is 3. The maximum Gasteiger partial charge on any atom is 0.309 e. The highest BCUT2D eigenvalue weighted by molar-refractivity contribution is 6.06. The summed E-state index contributed by atoms with van der Waals surface area (Å²) in [7, 11) is 0. The minimum atomic E-state index is -1.43. The molecule has 0 aromatic rings. The van der Waals surface area contributed by atoms with Crippen LogP contribution in [0.2, 0.25) is 0 Å². The molecule has 1 saturated heterocycles. The molecule has 5 fully saturated rings. The molecule has 6 rings (SSSR count). The standard InChI is InChI=1S/C46H72O7.375H2/c1-24(2)44-29(8)28(7)36(47)21-32(44)19-20-33-35-22-38-46(37(48)23-51-40(49)30(9)41(11,12)13,45(35,25(3)4)31(10)42(14,50)39(33)44)53-43(15,52-38)34-18-16-17-26(5)27(34)6;;;;;;;;;;;;;;;;;;;;;;;;;;;;;;;;;;;;;;;;;;;;;;;;;;;;;;;;;;;;;;;;;;;;;;;;;;;;;;;;;;;;;;;;;;;;;;;;;;;;;;;;;;;;;;;;;;;;;;;;;;;;;;;;;;;;;;;;;;;;;;;;;;;;;;;;;;;;;;;;;;;;;;;;;;;;;;;;;;;;;;;;;;;;;;;;;;;;;;;;;;;;;;;;;;;;;;;;;;;;;;;;;;;;;;;;;;;;;;;;;;;;;;;;;;;;;;;;;;;;;;;;;;;;;;;;;;;;;;;;;;;;;;;;;;;;;;;;;;;;;;;;;;;;;;;;;;;;;;;;;;;;;;;;;;;;;;;;;;;;;;;;;;;;;;;;;;;;;;;;;;;;;;;;;;;;;;;/h21,24-27,30-31,33-35,38-39,50H,16-20,22-23H2,1-15H3;375*1H/t26?,27?,30?,31?,33-,34?,35-,38+,39+,42-,43-,44-,45-,46+;;;;;;;;;;;;;;;;;;;;;;;;;;;;;;;;;;;;;;;;;;;;;;;;;;;;;;;;;;;;;;;;;;;;;;;;;;;;;;;;;;;;;;;;;;;;;;;;;;;;;;;;;;;;;;;;;;;;;;;;;;;;;;;;;;;;;;;;;;;;;;;;;;;;;;;;;;;;;;;;;;;;;;;;;;;;;;;;;;;;;;;;;;;;;;;;;;;;;;;;;;;;;;;;;;;;;;;;;;;;;;;;;;;;;;;;;;;;;;;;;;;;;;;;;;;;;;;;;;;;;;;;;;;;;;;;;;;;;;;;;;;;;;;;;;;;;;;;;;;;;;;;;;;;;;;;;;;;;;;;;;;;;;;;;;;;;;;;;;;;;;;;;;;;;;;;;;;;;;;;;;;;;;;;;;;;;;;/m0......................................................................................................................................................................................................................................................................................................................................................................................./s1. The lowest BCUT2D eigenvalue weighted by Crippen LogP contribution is -2.74. The number of ketones is 2. The second-order valence-corrected chi connectivity index (χ2v) is 20.8. The second-order valence-electron chi connectivity index (χ2n) is 20.8. The van der Waals surface area contributed by atoms with Crippen molar-refractivity contribution in [3.8, 4) is 0 Å². The van der Waals surface area contributed by atoms with Gasteiger partial charge in [-0.15, -0.1) is 0 Å². The van der Waals surface area contributed by atoms with Crippen molar-refractivity contribution < 1.29 is 569 Å².